The van der Waals surface area contributed by atoms with Gasteiger partial charge in [-0.25, -0.2) is 4.79 Å². The summed E-state index contributed by atoms with van der Waals surface area (Å²) in [7, 11) is -4.78. The first-order chi connectivity index (χ1) is 23.0. The summed E-state index contributed by atoms with van der Waals surface area (Å²) in [5.41, 5.74) is 9.76. The Bertz CT molecular complexity index is 2230. The number of nitrogens with zero attached hydrogens (tertiary/aromatic N) is 2. The number of hydrogen-bond donors (Lipinski definition) is 5. The smallest absolute Gasteiger partial charge is 0.339 e. The van der Waals surface area contributed by atoms with Gasteiger partial charge in [-0.3, -0.25) is 25.0 Å². The van der Waals surface area contributed by atoms with Crippen LogP contribution in [0.3, 0.4) is 0 Å². The third-order valence-corrected chi connectivity index (χ3v) is 8.15. The Labute approximate surface area is 302 Å². The number of para-hydroxylation sites is 1. The van der Waals surface area contributed by atoms with Gasteiger partial charge in [-0.2, -0.15) is 18.6 Å². The molecule has 0 saturated heterocycles. The van der Waals surface area contributed by atoms with Crippen molar-refractivity contribution < 1.29 is 32.5 Å². The van der Waals surface area contributed by atoms with Gasteiger partial charge in [-0.1, -0.05) is 48.5 Å². The number of ketones is 2. The van der Waals surface area contributed by atoms with E-state index in [0.717, 1.165) is 22.9 Å². The molecule has 0 unspecified atom stereocenters. The maximum atomic E-state index is 13.5. The van der Waals surface area contributed by atoms with Crippen molar-refractivity contribution in [1.29, 1.82) is 0 Å². The van der Waals surface area contributed by atoms with Crippen LogP contribution in [0.15, 0.2) is 136 Å². The molecule has 1 radical (unpaired) electrons. The van der Waals surface area contributed by atoms with E-state index >= 15 is 0 Å². The predicted octanol–water partition coefficient (Wildman–Crippen LogP) is 5.53. The topological polar surface area (TPSA) is 187 Å². The molecule has 0 spiro atoms. The van der Waals surface area contributed by atoms with Gasteiger partial charge >= 0.3 is 5.97 Å². The average molecular weight is 683 g/mol. The molecule has 0 aromatic heterocycles. The van der Waals surface area contributed by atoms with Crippen LogP contribution in [0.5, 0.6) is 0 Å². The van der Waals surface area contributed by atoms with Crippen molar-refractivity contribution in [2.75, 3.05) is 16.2 Å². The fourth-order valence-electron chi connectivity index (χ4n) is 4.87. The fourth-order valence-corrected chi connectivity index (χ4v) is 5.53. The van der Waals surface area contributed by atoms with Crippen molar-refractivity contribution in [3.63, 3.8) is 0 Å². The molecule has 0 amide bonds. The van der Waals surface area contributed by atoms with E-state index in [2.05, 4.69) is 26.4 Å². The normalized spacial score (nSPS) is 15.5. The third-order valence-electron chi connectivity index (χ3n) is 7.28. The molecule has 2 aliphatic carbocycles. The summed E-state index contributed by atoms with van der Waals surface area (Å²) in [6.07, 6.45) is 4.97. The summed E-state index contributed by atoms with van der Waals surface area (Å²) in [6.45, 7) is 0. The second-order valence-corrected chi connectivity index (χ2v) is 11.9. The van der Waals surface area contributed by atoms with E-state index < -0.39 is 38.3 Å². The first-order valence-electron chi connectivity index (χ1n) is 14.3. The van der Waals surface area contributed by atoms with Crippen LogP contribution in [0.25, 0.3) is 17.2 Å². The van der Waals surface area contributed by atoms with Gasteiger partial charge in [0, 0.05) is 46.5 Å². The van der Waals surface area contributed by atoms with Crippen LogP contribution in [0, 0.1) is 0 Å². The number of anilines is 4. The van der Waals surface area contributed by atoms with Crippen LogP contribution < -0.4 is 16.2 Å². The second kappa shape index (κ2) is 14.8. The van der Waals surface area contributed by atoms with Gasteiger partial charge in [-0.05, 0) is 89.5 Å². The zero-order valence-electron chi connectivity index (χ0n) is 25.8. The molecule has 4 aromatic carbocycles. The minimum atomic E-state index is -4.78. The van der Waals surface area contributed by atoms with Gasteiger partial charge < -0.3 is 10.4 Å². The average Bonchev–Trinajstić information content (AvgIpc) is 3.08. The standard InChI is InChI=1S/C35H25N5O7S.Na/c41-31-17-16-28(20-30(31)35(43)44)39-37-25-11-6-21(7-12-25)22-8-13-26(14-9-22)38-40-33-32(48(45,46)47)18-23-10-15-27(19-29(23)34(33)42)36-24-4-2-1-3-5-24;/h1-20,36-38H,(H,43,44)(H,45,46,47);. The van der Waals surface area contributed by atoms with Crippen molar-refractivity contribution in [2.45, 2.75) is 0 Å². The van der Waals surface area contributed by atoms with Crippen LogP contribution >= 0.6 is 0 Å². The van der Waals surface area contributed by atoms with Crippen LogP contribution in [0.2, 0.25) is 0 Å². The Kier molecular flexibility index (Phi) is 10.5. The van der Waals surface area contributed by atoms with Crippen molar-refractivity contribution in [2.24, 2.45) is 10.2 Å². The molecule has 5 N–H and O–H groups in total. The number of rotatable bonds is 9. The van der Waals surface area contributed by atoms with Gasteiger partial charge in [0.1, 0.15) is 10.5 Å². The monoisotopic (exact) mass is 682 g/mol. The number of fused-ring (bicyclic) bond motifs is 1. The Balaban J connectivity index is 0.00000468. The van der Waals surface area contributed by atoms with Crippen molar-refractivity contribution in [3.05, 3.63) is 137 Å². The number of carboxylic acids is 1. The molecule has 0 heterocycles. The first-order valence-corrected chi connectivity index (χ1v) is 15.7. The number of carboxylic acid groups (broad SMARTS) is 1. The van der Waals surface area contributed by atoms with Gasteiger partial charge in [0.2, 0.25) is 5.78 Å². The Hall–Kier alpha value is -5.44. The summed E-state index contributed by atoms with van der Waals surface area (Å²) in [6, 6.07) is 28.4. The molecule has 12 nitrogen and oxygen atoms in total. The second-order valence-electron chi connectivity index (χ2n) is 10.5. The van der Waals surface area contributed by atoms with E-state index in [9.17, 15) is 27.4 Å². The molecule has 14 heteroatoms. The van der Waals surface area contributed by atoms with Crippen molar-refractivity contribution >= 4 is 97.5 Å². The minimum Gasteiger partial charge on any atom is -0.478 e. The molecule has 4 aromatic rings. The summed E-state index contributed by atoms with van der Waals surface area (Å²) in [5.74, 6) is -2.60. The molecular formula is C35H25N5NaO7S. The summed E-state index contributed by atoms with van der Waals surface area (Å²) >= 11 is 0. The maximum absolute atomic E-state index is 13.5. The molecule has 0 atom stereocenters. The maximum Gasteiger partial charge on any atom is 0.339 e. The largest absolute Gasteiger partial charge is 0.478 e. The molecule has 239 valence electrons. The molecule has 0 aliphatic heterocycles. The van der Waals surface area contributed by atoms with E-state index in [4.69, 9.17) is 5.11 Å². The van der Waals surface area contributed by atoms with Gasteiger partial charge in [-0.15, -0.1) is 0 Å². The molecular weight excluding hydrogens is 657 g/mol. The number of allylic oxidation sites excluding steroid dienone is 4. The Morgan fingerprint density at radius 2 is 1.29 bits per heavy atom. The molecule has 0 fully saturated rings. The third kappa shape index (κ3) is 8.17. The number of Topliss-reactive ketones (excluding diaryl/α,β-unsaturated/α-hetero) is 1. The number of benzene rings is 4. The Morgan fingerprint density at radius 3 is 1.88 bits per heavy atom. The first kappa shape index (κ1) is 34.9. The minimum absolute atomic E-state index is 0. The molecule has 49 heavy (non-hydrogen) atoms. The van der Waals surface area contributed by atoms with Crippen LogP contribution in [0.4, 0.5) is 22.7 Å². The Morgan fingerprint density at radius 1 is 0.694 bits per heavy atom. The number of nitrogens with one attached hydrogen (secondary N) is 3. The molecule has 0 bridgehead atoms. The zero-order chi connectivity index (χ0) is 33.8. The van der Waals surface area contributed by atoms with Gasteiger partial charge in [0.25, 0.3) is 10.1 Å². The summed E-state index contributed by atoms with van der Waals surface area (Å²) in [4.78, 5) is 35.7. The fraction of sp³-hybridized carbons (Fsp3) is 0. The van der Waals surface area contributed by atoms with Gasteiger partial charge in [0.05, 0.1) is 17.1 Å². The molecule has 2 aliphatic rings. The molecule has 6 rings (SSSR count). The number of carbonyl (C=O) groups is 3. The van der Waals surface area contributed by atoms with E-state index in [1.807, 2.05) is 42.5 Å². The van der Waals surface area contributed by atoms with E-state index in [0.29, 0.717) is 22.6 Å². The van der Waals surface area contributed by atoms with Crippen LogP contribution in [-0.2, 0) is 19.7 Å². The summed E-state index contributed by atoms with van der Waals surface area (Å²) < 4.78 is 34.4. The number of carbonyl (C=O) groups excluding carboxylic acids is 2. The van der Waals surface area contributed by atoms with E-state index in [1.54, 1.807) is 54.6 Å². The number of aliphatic carboxylic acids is 1. The predicted molar refractivity (Wildman–Crippen MR) is 190 cm³/mol. The quantitative estimate of drug-likeness (QED) is 0.0494. The van der Waals surface area contributed by atoms with Gasteiger partial charge in [0.15, 0.2) is 11.5 Å². The number of hydrazone groups is 2. The van der Waals surface area contributed by atoms with Crippen molar-refractivity contribution in [3.8, 4) is 11.1 Å². The van der Waals surface area contributed by atoms with Crippen LogP contribution in [-0.4, -0.2) is 76.6 Å². The van der Waals surface area contributed by atoms with E-state index in [1.165, 1.54) is 18.2 Å². The molecule has 0 saturated carbocycles. The van der Waals surface area contributed by atoms with E-state index in [-0.39, 0.29) is 46.4 Å². The summed E-state index contributed by atoms with van der Waals surface area (Å²) in [5, 5.41) is 20.6. The zero-order valence-corrected chi connectivity index (χ0v) is 28.6. The van der Waals surface area contributed by atoms with Crippen molar-refractivity contribution in [1.82, 2.24) is 0 Å². The van der Waals surface area contributed by atoms with Crippen LogP contribution in [0.1, 0.15) is 15.9 Å². The SMILES string of the molecule is O=C(O)C1=CC(=NNc2ccc(-c3ccc(NN=C4C(=O)c5cc(Nc6ccccc6)ccc5C=C4S(=O)(=O)O)cc3)cc2)C=CC1=O.[Na]. The number of hydrogen-bond acceptors (Lipinski definition) is 10.